The Labute approximate surface area is 79.3 Å². The van der Waals surface area contributed by atoms with Crippen LogP contribution in [0.25, 0.3) is 11.5 Å². The maximum atomic E-state index is 13.6. The summed E-state index contributed by atoms with van der Waals surface area (Å²) in [4.78, 5) is 3.75. The number of rotatable bonds is 2. The van der Waals surface area contributed by atoms with Crippen LogP contribution in [-0.4, -0.2) is 17.3 Å². The van der Waals surface area contributed by atoms with E-state index in [1.165, 1.54) is 19.5 Å². The van der Waals surface area contributed by atoms with Crippen molar-refractivity contribution in [1.29, 1.82) is 0 Å². The molecule has 0 aliphatic rings. The van der Waals surface area contributed by atoms with Crippen LogP contribution < -0.4 is 4.74 Å². The average molecular weight is 194 g/mol. The van der Waals surface area contributed by atoms with Crippen molar-refractivity contribution in [2.24, 2.45) is 0 Å². The van der Waals surface area contributed by atoms with Gasteiger partial charge >= 0.3 is 0 Å². The summed E-state index contributed by atoms with van der Waals surface area (Å²) in [5.41, 5.74) is 0.238. The van der Waals surface area contributed by atoms with Crippen molar-refractivity contribution in [2.75, 3.05) is 7.11 Å². The molecule has 0 N–H and O–H groups in total. The molecule has 1 heterocycles. The molecular weight excluding hydrogens is 187 g/mol. The smallest absolute Gasteiger partial charge is 0.260 e. The third-order valence-corrected chi connectivity index (χ3v) is 1.77. The van der Waals surface area contributed by atoms with E-state index < -0.39 is 5.82 Å². The van der Waals surface area contributed by atoms with Gasteiger partial charge in [0, 0.05) is 0 Å². The van der Waals surface area contributed by atoms with E-state index in [2.05, 4.69) is 10.1 Å². The third-order valence-electron chi connectivity index (χ3n) is 1.77. The zero-order valence-corrected chi connectivity index (χ0v) is 7.40. The minimum absolute atomic E-state index is 0.140. The van der Waals surface area contributed by atoms with Gasteiger partial charge in [-0.15, -0.1) is 0 Å². The van der Waals surface area contributed by atoms with Gasteiger partial charge in [-0.25, -0.2) is 4.39 Å². The van der Waals surface area contributed by atoms with Crippen molar-refractivity contribution in [1.82, 2.24) is 10.1 Å². The van der Waals surface area contributed by atoms with Gasteiger partial charge in [-0.2, -0.15) is 4.98 Å². The first-order valence-corrected chi connectivity index (χ1v) is 3.92. The summed E-state index contributed by atoms with van der Waals surface area (Å²) in [6, 6.07) is 4.72. The molecule has 0 saturated carbocycles. The van der Waals surface area contributed by atoms with Crippen LogP contribution in [0.4, 0.5) is 4.39 Å². The van der Waals surface area contributed by atoms with E-state index in [1.807, 2.05) is 0 Å². The van der Waals surface area contributed by atoms with Crippen molar-refractivity contribution in [3.05, 3.63) is 30.3 Å². The zero-order valence-electron chi connectivity index (χ0n) is 7.40. The molecule has 14 heavy (non-hydrogen) atoms. The van der Waals surface area contributed by atoms with Crippen molar-refractivity contribution < 1.29 is 13.7 Å². The molecule has 0 saturated heterocycles. The van der Waals surface area contributed by atoms with Gasteiger partial charge in [0.05, 0.1) is 12.7 Å². The molecule has 0 atom stereocenters. The molecule has 0 amide bonds. The first-order valence-electron chi connectivity index (χ1n) is 3.92. The Morgan fingerprint density at radius 2 is 2.29 bits per heavy atom. The predicted octanol–water partition coefficient (Wildman–Crippen LogP) is 1.88. The largest absolute Gasteiger partial charge is 0.494 e. The third kappa shape index (κ3) is 1.32. The molecule has 4 nitrogen and oxygen atoms in total. The average Bonchev–Trinajstić information content (AvgIpc) is 2.71. The van der Waals surface area contributed by atoms with E-state index in [0.29, 0.717) is 0 Å². The van der Waals surface area contributed by atoms with E-state index >= 15 is 0 Å². The number of halogens is 1. The lowest BCUT2D eigenvalue weighted by molar-refractivity contribution is 0.384. The highest BCUT2D eigenvalue weighted by molar-refractivity contribution is 5.56. The lowest BCUT2D eigenvalue weighted by atomic mass is 10.2. The van der Waals surface area contributed by atoms with E-state index in [-0.39, 0.29) is 17.2 Å². The fourth-order valence-electron chi connectivity index (χ4n) is 1.13. The van der Waals surface area contributed by atoms with Gasteiger partial charge in [0.1, 0.15) is 0 Å². The van der Waals surface area contributed by atoms with E-state index in [9.17, 15) is 4.39 Å². The molecule has 0 aliphatic heterocycles. The van der Waals surface area contributed by atoms with Gasteiger partial charge in [0.15, 0.2) is 17.9 Å². The lowest BCUT2D eigenvalue weighted by Gasteiger charge is -2.03. The molecule has 2 rings (SSSR count). The molecule has 0 fully saturated rings. The Hall–Kier alpha value is -1.91. The van der Waals surface area contributed by atoms with Crippen molar-refractivity contribution in [3.8, 4) is 17.2 Å². The van der Waals surface area contributed by atoms with Crippen LogP contribution in [-0.2, 0) is 0 Å². The molecule has 1 aromatic carbocycles. The molecule has 1 aromatic heterocycles. The first-order chi connectivity index (χ1) is 6.83. The van der Waals surface area contributed by atoms with Crippen LogP contribution in [0.15, 0.2) is 29.0 Å². The topological polar surface area (TPSA) is 48.2 Å². The number of hydrogen-bond acceptors (Lipinski definition) is 4. The van der Waals surface area contributed by atoms with E-state index in [1.54, 1.807) is 12.1 Å². The molecule has 0 bridgehead atoms. The SMILES string of the molecule is COc1cccc(-c2ncno2)c1F. The van der Waals surface area contributed by atoms with Gasteiger partial charge in [0.2, 0.25) is 0 Å². The molecular formula is C9H7FN2O2. The van der Waals surface area contributed by atoms with Crippen LogP contribution in [0.1, 0.15) is 0 Å². The quantitative estimate of drug-likeness (QED) is 0.732. The van der Waals surface area contributed by atoms with E-state index in [4.69, 9.17) is 9.26 Å². The molecule has 5 heteroatoms. The van der Waals surface area contributed by atoms with Gasteiger partial charge in [-0.3, -0.25) is 0 Å². The fraction of sp³-hybridized carbons (Fsp3) is 0.111. The van der Waals surface area contributed by atoms with Gasteiger partial charge < -0.3 is 9.26 Å². The molecule has 2 aromatic rings. The predicted molar refractivity (Wildman–Crippen MR) is 46.2 cm³/mol. The fourth-order valence-corrected chi connectivity index (χ4v) is 1.13. The van der Waals surface area contributed by atoms with Crippen LogP contribution in [0, 0.1) is 5.82 Å². The molecule has 0 unspecified atom stereocenters. The normalized spacial score (nSPS) is 10.1. The van der Waals surface area contributed by atoms with Gasteiger partial charge in [-0.05, 0) is 12.1 Å². The lowest BCUT2D eigenvalue weighted by Crippen LogP contribution is -1.90. The summed E-state index contributed by atoms with van der Waals surface area (Å²) in [6.45, 7) is 0. The maximum absolute atomic E-state index is 13.6. The molecule has 0 spiro atoms. The summed E-state index contributed by atoms with van der Waals surface area (Å²) < 4.78 is 23.1. The second-order valence-corrected chi connectivity index (χ2v) is 2.57. The number of ether oxygens (including phenoxy) is 1. The number of methoxy groups -OCH3 is 1. The summed E-state index contributed by atoms with van der Waals surface area (Å²) >= 11 is 0. The highest BCUT2D eigenvalue weighted by Gasteiger charge is 2.13. The van der Waals surface area contributed by atoms with Crippen molar-refractivity contribution in [2.45, 2.75) is 0 Å². The standard InChI is InChI=1S/C9H7FN2O2/c1-13-7-4-2-3-6(8(7)10)9-11-5-12-14-9/h2-5H,1H3. The Bertz CT molecular complexity index is 428. The second-order valence-electron chi connectivity index (χ2n) is 2.57. The second kappa shape index (κ2) is 3.45. The molecule has 0 radical (unpaired) electrons. The highest BCUT2D eigenvalue weighted by atomic mass is 19.1. The Morgan fingerprint density at radius 1 is 1.43 bits per heavy atom. The minimum Gasteiger partial charge on any atom is -0.494 e. The maximum Gasteiger partial charge on any atom is 0.260 e. The molecule has 72 valence electrons. The van der Waals surface area contributed by atoms with Crippen LogP contribution in [0.3, 0.4) is 0 Å². The highest BCUT2D eigenvalue weighted by Crippen LogP contribution is 2.26. The minimum atomic E-state index is -0.501. The number of nitrogens with zero attached hydrogens (tertiary/aromatic N) is 2. The summed E-state index contributed by atoms with van der Waals surface area (Å²) in [7, 11) is 1.40. The zero-order chi connectivity index (χ0) is 9.97. The first kappa shape index (κ1) is 8.68. The Morgan fingerprint density at radius 3 is 2.93 bits per heavy atom. The van der Waals surface area contributed by atoms with Crippen molar-refractivity contribution in [3.63, 3.8) is 0 Å². The monoisotopic (exact) mass is 194 g/mol. The number of benzene rings is 1. The summed E-state index contributed by atoms with van der Waals surface area (Å²) in [5.74, 6) is -0.207. The van der Waals surface area contributed by atoms with E-state index in [0.717, 1.165) is 0 Å². The van der Waals surface area contributed by atoms with Crippen LogP contribution in [0.2, 0.25) is 0 Å². The summed E-state index contributed by atoms with van der Waals surface area (Å²) in [6.07, 6.45) is 1.22. The van der Waals surface area contributed by atoms with Crippen LogP contribution >= 0.6 is 0 Å². The van der Waals surface area contributed by atoms with Crippen LogP contribution in [0.5, 0.6) is 5.75 Å². The summed E-state index contributed by atoms with van der Waals surface area (Å²) in [5, 5.41) is 3.40. The van der Waals surface area contributed by atoms with Gasteiger partial charge in [-0.1, -0.05) is 11.2 Å². The molecule has 0 aliphatic carbocycles. The number of hydrogen-bond donors (Lipinski definition) is 0. The van der Waals surface area contributed by atoms with Gasteiger partial charge in [0.25, 0.3) is 5.89 Å². The Kier molecular flexibility index (Phi) is 2.14. The Balaban J connectivity index is 2.54. The number of aromatic nitrogens is 2. The van der Waals surface area contributed by atoms with Crippen molar-refractivity contribution >= 4 is 0 Å².